The van der Waals surface area contributed by atoms with Crippen LogP contribution in [0.4, 0.5) is 5.69 Å². The quantitative estimate of drug-likeness (QED) is 0.445. The van der Waals surface area contributed by atoms with E-state index in [9.17, 15) is 10.1 Å². The molecule has 1 aromatic heterocycles. The summed E-state index contributed by atoms with van der Waals surface area (Å²) in [4.78, 5) is 14.5. The fraction of sp³-hybridized carbons (Fsp3) is 0.353. The van der Waals surface area contributed by atoms with Crippen LogP contribution in [0.5, 0.6) is 5.75 Å². The van der Waals surface area contributed by atoms with Crippen LogP contribution in [0.2, 0.25) is 0 Å². The highest BCUT2D eigenvalue weighted by atomic mass is 79.9. The smallest absolute Gasteiger partial charge is 0.483 e. The second-order valence-corrected chi connectivity index (χ2v) is 7.05. The lowest BCUT2D eigenvalue weighted by molar-refractivity contribution is -0.386. The third kappa shape index (κ3) is 5.79. The minimum Gasteiger partial charge on any atom is -0.483 e. The van der Waals surface area contributed by atoms with Crippen molar-refractivity contribution >= 4 is 34.2 Å². The molecule has 0 unspecified atom stereocenters. The summed E-state index contributed by atoms with van der Waals surface area (Å²) in [5.74, 6) is 0.361. The largest absolute Gasteiger partial charge is 0.488 e. The molecule has 3 rings (SSSR count). The first-order valence-corrected chi connectivity index (χ1v) is 8.89. The van der Waals surface area contributed by atoms with Crippen LogP contribution in [0.1, 0.15) is 29.8 Å². The van der Waals surface area contributed by atoms with E-state index < -0.39 is 12.0 Å². The van der Waals surface area contributed by atoms with Gasteiger partial charge in [0.15, 0.2) is 5.75 Å². The molecule has 26 heavy (non-hydrogen) atoms. The Hall–Kier alpha value is -1.97. The average Bonchev–Trinajstić information content (AvgIpc) is 3.34. The number of hydrogen-bond donors (Lipinski definition) is 2. The number of aromatic nitrogens is 1. The van der Waals surface area contributed by atoms with E-state index >= 15 is 0 Å². The van der Waals surface area contributed by atoms with Gasteiger partial charge in [-0.2, -0.15) is 0 Å². The molecule has 0 aliphatic heterocycles. The Balaban J connectivity index is 0.000000197. The molecule has 1 heterocycles. The van der Waals surface area contributed by atoms with Crippen molar-refractivity contribution in [3.8, 4) is 5.75 Å². The van der Waals surface area contributed by atoms with Crippen molar-refractivity contribution in [2.75, 3.05) is 0 Å². The van der Waals surface area contributed by atoms with Gasteiger partial charge in [-0.15, -0.1) is 0 Å². The van der Waals surface area contributed by atoms with Gasteiger partial charge in [-0.25, -0.2) is 0 Å². The van der Waals surface area contributed by atoms with E-state index in [2.05, 4.69) is 20.9 Å². The first-order valence-electron chi connectivity index (χ1n) is 8.10. The number of aryl methyl sites for hydroxylation is 3. The number of halogens is 1. The Bertz CT molecular complexity index is 792. The zero-order valence-corrected chi connectivity index (χ0v) is 16.4. The molecular formula is C17H20BBrN2O5. The average molecular weight is 423 g/mol. The predicted octanol–water partition coefficient (Wildman–Crippen LogP) is 2.59. The summed E-state index contributed by atoms with van der Waals surface area (Å²) in [6.07, 6.45) is 2.14. The maximum Gasteiger partial charge on any atom is 0.488 e. The first kappa shape index (κ1) is 20.3. The van der Waals surface area contributed by atoms with Gasteiger partial charge in [0.05, 0.1) is 11.0 Å². The molecule has 138 valence electrons. The zero-order chi connectivity index (χ0) is 19.4. The molecule has 0 radical (unpaired) electrons. The van der Waals surface area contributed by atoms with Gasteiger partial charge in [-0.05, 0) is 56.8 Å². The second-order valence-electron chi connectivity index (χ2n) is 6.20. The number of ether oxygens (including phenoxy) is 1. The molecule has 1 aliphatic rings. The van der Waals surface area contributed by atoms with Gasteiger partial charge >= 0.3 is 12.8 Å². The lowest BCUT2D eigenvalue weighted by Gasteiger charge is -2.07. The SMILES string of the molecule is Cc1cc(B(O)O)cc(C)n1.Cc1cc([N+](=O)[O-])c(OC2CC2)cc1Br. The van der Waals surface area contributed by atoms with Gasteiger partial charge < -0.3 is 14.8 Å². The molecule has 1 saturated carbocycles. The Morgan fingerprint density at radius 2 is 1.77 bits per heavy atom. The number of benzene rings is 1. The Morgan fingerprint density at radius 1 is 1.19 bits per heavy atom. The van der Waals surface area contributed by atoms with E-state index in [0.717, 1.165) is 34.3 Å². The highest BCUT2D eigenvalue weighted by Gasteiger charge is 2.27. The maximum absolute atomic E-state index is 10.8. The van der Waals surface area contributed by atoms with Gasteiger partial charge in [-0.3, -0.25) is 15.1 Å². The Labute approximate surface area is 160 Å². The lowest BCUT2D eigenvalue weighted by Crippen LogP contribution is -2.30. The van der Waals surface area contributed by atoms with Crippen molar-refractivity contribution in [1.82, 2.24) is 4.98 Å². The third-order valence-electron chi connectivity index (χ3n) is 3.66. The molecule has 9 heteroatoms. The second kappa shape index (κ2) is 8.61. The van der Waals surface area contributed by atoms with Crippen LogP contribution in [0.25, 0.3) is 0 Å². The molecular weight excluding hydrogens is 403 g/mol. The third-order valence-corrected chi connectivity index (χ3v) is 4.51. The van der Waals surface area contributed by atoms with Crippen molar-refractivity contribution in [3.63, 3.8) is 0 Å². The lowest BCUT2D eigenvalue weighted by atomic mass is 9.80. The van der Waals surface area contributed by atoms with Crippen molar-refractivity contribution in [1.29, 1.82) is 0 Å². The first-order chi connectivity index (χ1) is 12.2. The van der Waals surface area contributed by atoms with Crippen molar-refractivity contribution < 1.29 is 19.7 Å². The van der Waals surface area contributed by atoms with Crippen molar-refractivity contribution in [3.05, 3.63) is 55.8 Å². The van der Waals surface area contributed by atoms with Crippen LogP contribution in [0.3, 0.4) is 0 Å². The van der Waals surface area contributed by atoms with E-state index in [4.69, 9.17) is 14.8 Å². The number of nitro benzene ring substituents is 1. The Kier molecular flexibility index (Phi) is 6.74. The summed E-state index contributed by atoms with van der Waals surface area (Å²) in [6.45, 7) is 5.45. The minimum atomic E-state index is -1.39. The molecule has 2 N–H and O–H groups in total. The number of nitrogens with zero attached hydrogens (tertiary/aromatic N) is 2. The maximum atomic E-state index is 10.8. The fourth-order valence-corrected chi connectivity index (χ4v) is 2.59. The molecule has 7 nitrogen and oxygen atoms in total. The Morgan fingerprint density at radius 3 is 2.23 bits per heavy atom. The zero-order valence-electron chi connectivity index (χ0n) is 14.8. The summed E-state index contributed by atoms with van der Waals surface area (Å²) in [5, 5.41) is 28.4. The standard InChI is InChI=1S/C10H10BrNO3.C7H10BNO2/c1-6-4-9(12(13)14)10(5-8(6)11)15-7-2-3-7;1-5-3-7(8(10)11)4-6(2)9-5/h4-5,7H,2-3H2,1H3;3-4,10-11H,1-2H3. The molecule has 1 aliphatic carbocycles. The van der Waals surface area contributed by atoms with Crippen LogP contribution >= 0.6 is 15.9 Å². The molecule has 0 saturated heterocycles. The molecule has 2 aromatic rings. The number of pyridine rings is 1. The fourth-order valence-electron chi connectivity index (χ4n) is 2.27. The minimum absolute atomic E-state index is 0.0441. The summed E-state index contributed by atoms with van der Waals surface area (Å²) in [7, 11) is -1.39. The molecule has 0 amide bonds. The van der Waals surface area contributed by atoms with Crippen molar-refractivity contribution in [2.45, 2.75) is 39.7 Å². The predicted molar refractivity (Wildman–Crippen MR) is 103 cm³/mol. The van der Waals surface area contributed by atoms with E-state index in [1.807, 2.05) is 20.8 Å². The van der Waals surface area contributed by atoms with Crippen LogP contribution in [-0.4, -0.2) is 33.2 Å². The molecule has 0 bridgehead atoms. The van der Waals surface area contributed by atoms with Crippen LogP contribution in [0, 0.1) is 30.9 Å². The number of hydrogen-bond acceptors (Lipinski definition) is 6. The summed E-state index contributed by atoms with van der Waals surface area (Å²) in [6, 6.07) is 6.50. The molecule has 0 spiro atoms. The van der Waals surface area contributed by atoms with E-state index in [-0.39, 0.29) is 11.8 Å². The van der Waals surface area contributed by atoms with E-state index in [0.29, 0.717) is 11.2 Å². The molecule has 1 aromatic carbocycles. The highest BCUT2D eigenvalue weighted by Crippen LogP contribution is 2.36. The van der Waals surface area contributed by atoms with Gasteiger partial charge in [-0.1, -0.05) is 15.9 Å². The topological polar surface area (TPSA) is 106 Å². The van der Waals surface area contributed by atoms with Gasteiger partial charge in [0.1, 0.15) is 0 Å². The van der Waals surface area contributed by atoms with Gasteiger partial charge in [0.2, 0.25) is 0 Å². The summed E-state index contributed by atoms with van der Waals surface area (Å²) >= 11 is 3.34. The van der Waals surface area contributed by atoms with E-state index in [1.165, 1.54) is 6.07 Å². The monoisotopic (exact) mass is 422 g/mol. The number of nitro groups is 1. The normalized spacial score (nSPS) is 12.8. The van der Waals surface area contributed by atoms with Gasteiger partial charge in [0.25, 0.3) is 0 Å². The van der Waals surface area contributed by atoms with E-state index in [1.54, 1.807) is 18.2 Å². The van der Waals surface area contributed by atoms with Crippen molar-refractivity contribution in [2.24, 2.45) is 0 Å². The van der Waals surface area contributed by atoms with Crippen LogP contribution in [-0.2, 0) is 0 Å². The molecule has 0 atom stereocenters. The molecule has 1 fully saturated rings. The summed E-state index contributed by atoms with van der Waals surface area (Å²) in [5.41, 5.74) is 2.98. The van der Waals surface area contributed by atoms with Crippen LogP contribution < -0.4 is 10.2 Å². The highest BCUT2D eigenvalue weighted by molar-refractivity contribution is 9.10. The van der Waals surface area contributed by atoms with Crippen LogP contribution in [0.15, 0.2) is 28.7 Å². The summed E-state index contributed by atoms with van der Waals surface area (Å²) < 4.78 is 6.32. The van der Waals surface area contributed by atoms with Gasteiger partial charge in [0, 0.05) is 28.0 Å². The number of rotatable bonds is 4.